The number of carbonyl (C=O) groups excluding carboxylic acids is 1. The van der Waals surface area contributed by atoms with Gasteiger partial charge in [0.2, 0.25) is 0 Å². The van der Waals surface area contributed by atoms with E-state index in [0.717, 1.165) is 32.1 Å². The summed E-state index contributed by atoms with van der Waals surface area (Å²) in [5.74, 6) is -1.03. The van der Waals surface area contributed by atoms with Gasteiger partial charge in [0.1, 0.15) is 0 Å². The van der Waals surface area contributed by atoms with Gasteiger partial charge in [-0.25, -0.2) is 0 Å². The molecule has 1 aromatic carbocycles. The summed E-state index contributed by atoms with van der Waals surface area (Å²) in [4.78, 5) is 23.2. The molecule has 4 heteroatoms. The molecule has 2 N–H and O–H groups in total. The van der Waals surface area contributed by atoms with E-state index in [1.165, 1.54) is 0 Å². The average molecular weight is 261 g/mol. The van der Waals surface area contributed by atoms with Crippen molar-refractivity contribution in [2.24, 2.45) is 0 Å². The Morgan fingerprint density at radius 3 is 2.32 bits per heavy atom. The van der Waals surface area contributed by atoms with Crippen LogP contribution in [0.15, 0.2) is 30.3 Å². The van der Waals surface area contributed by atoms with Gasteiger partial charge in [-0.3, -0.25) is 9.59 Å². The van der Waals surface area contributed by atoms with Crippen molar-refractivity contribution in [1.29, 1.82) is 0 Å². The first-order valence-electron chi connectivity index (χ1n) is 6.71. The summed E-state index contributed by atoms with van der Waals surface area (Å²) < 4.78 is 0. The molecule has 0 bridgehead atoms. The van der Waals surface area contributed by atoms with Gasteiger partial charge in [0, 0.05) is 5.56 Å². The number of amides is 1. The van der Waals surface area contributed by atoms with E-state index >= 15 is 0 Å². The van der Waals surface area contributed by atoms with Gasteiger partial charge >= 0.3 is 5.97 Å². The molecule has 1 amide bonds. The zero-order valence-corrected chi connectivity index (χ0v) is 10.9. The summed E-state index contributed by atoms with van der Waals surface area (Å²) in [7, 11) is 0. The molecule has 0 saturated heterocycles. The maximum Gasteiger partial charge on any atom is 0.305 e. The Morgan fingerprint density at radius 1 is 1.11 bits per heavy atom. The quantitative estimate of drug-likeness (QED) is 0.875. The third-order valence-electron chi connectivity index (χ3n) is 3.71. The topological polar surface area (TPSA) is 66.4 Å². The SMILES string of the molecule is O=C(O)CC1(NC(=O)c2ccccc2)CCCCC1. The largest absolute Gasteiger partial charge is 0.481 e. The van der Waals surface area contributed by atoms with Crippen LogP contribution in [0.3, 0.4) is 0 Å². The van der Waals surface area contributed by atoms with E-state index in [0.29, 0.717) is 5.56 Å². The number of hydrogen-bond donors (Lipinski definition) is 2. The lowest BCUT2D eigenvalue weighted by Crippen LogP contribution is -2.51. The van der Waals surface area contributed by atoms with Crippen molar-refractivity contribution >= 4 is 11.9 Å². The van der Waals surface area contributed by atoms with Crippen LogP contribution in [0.25, 0.3) is 0 Å². The Balaban J connectivity index is 2.11. The molecule has 0 spiro atoms. The van der Waals surface area contributed by atoms with Gasteiger partial charge in [-0.2, -0.15) is 0 Å². The van der Waals surface area contributed by atoms with E-state index in [2.05, 4.69) is 5.32 Å². The summed E-state index contributed by atoms with van der Waals surface area (Å²) in [6.45, 7) is 0. The van der Waals surface area contributed by atoms with Crippen molar-refractivity contribution in [3.05, 3.63) is 35.9 Å². The Bertz CT molecular complexity index is 450. The van der Waals surface area contributed by atoms with E-state index in [-0.39, 0.29) is 12.3 Å². The number of benzene rings is 1. The van der Waals surface area contributed by atoms with Crippen molar-refractivity contribution < 1.29 is 14.7 Å². The Hall–Kier alpha value is -1.84. The molecule has 4 nitrogen and oxygen atoms in total. The van der Waals surface area contributed by atoms with Crippen molar-refractivity contribution in [3.63, 3.8) is 0 Å². The molecule has 0 atom stereocenters. The van der Waals surface area contributed by atoms with Crippen LogP contribution in [-0.4, -0.2) is 22.5 Å². The summed E-state index contributed by atoms with van der Waals surface area (Å²) >= 11 is 0. The van der Waals surface area contributed by atoms with Crippen LogP contribution in [0.1, 0.15) is 48.9 Å². The number of nitrogens with one attached hydrogen (secondary N) is 1. The summed E-state index contributed by atoms with van der Waals surface area (Å²) in [6, 6.07) is 8.95. The molecule has 1 fully saturated rings. The molecule has 1 aliphatic carbocycles. The second kappa shape index (κ2) is 5.87. The van der Waals surface area contributed by atoms with Gasteiger partial charge in [-0.1, -0.05) is 37.5 Å². The van der Waals surface area contributed by atoms with Crippen molar-refractivity contribution in [1.82, 2.24) is 5.32 Å². The Morgan fingerprint density at radius 2 is 1.74 bits per heavy atom. The number of carbonyl (C=O) groups is 2. The van der Waals surface area contributed by atoms with E-state index in [1.54, 1.807) is 24.3 Å². The fourth-order valence-electron chi connectivity index (χ4n) is 2.77. The molecule has 1 aliphatic rings. The minimum absolute atomic E-state index is 0.00553. The Labute approximate surface area is 112 Å². The first-order valence-corrected chi connectivity index (χ1v) is 6.71. The summed E-state index contributed by atoms with van der Waals surface area (Å²) in [5, 5.41) is 12.0. The highest BCUT2D eigenvalue weighted by Crippen LogP contribution is 2.31. The third kappa shape index (κ3) is 3.56. The fraction of sp³-hybridized carbons (Fsp3) is 0.467. The van der Waals surface area contributed by atoms with Crippen molar-refractivity contribution in [2.75, 3.05) is 0 Å². The number of rotatable bonds is 4. The zero-order chi connectivity index (χ0) is 13.7. The smallest absolute Gasteiger partial charge is 0.305 e. The number of hydrogen-bond acceptors (Lipinski definition) is 2. The molecule has 102 valence electrons. The monoisotopic (exact) mass is 261 g/mol. The molecule has 2 rings (SSSR count). The highest BCUT2D eigenvalue weighted by molar-refractivity contribution is 5.95. The molecule has 0 unspecified atom stereocenters. The van der Waals surface area contributed by atoms with Crippen molar-refractivity contribution in [2.45, 2.75) is 44.1 Å². The van der Waals surface area contributed by atoms with Crippen LogP contribution in [0.4, 0.5) is 0 Å². The standard InChI is InChI=1S/C15H19NO3/c17-13(18)11-15(9-5-2-6-10-15)16-14(19)12-7-3-1-4-8-12/h1,3-4,7-8H,2,5-6,9-11H2,(H,16,19)(H,17,18). The first kappa shape index (κ1) is 13.6. The van der Waals surface area contributed by atoms with Gasteiger partial charge in [0.15, 0.2) is 0 Å². The van der Waals surface area contributed by atoms with Gasteiger partial charge in [-0.15, -0.1) is 0 Å². The Kier molecular flexibility index (Phi) is 4.20. The molecule has 19 heavy (non-hydrogen) atoms. The molecule has 1 aromatic rings. The lowest BCUT2D eigenvalue weighted by molar-refractivity contribution is -0.139. The van der Waals surface area contributed by atoms with E-state index in [9.17, 15) is 9.59 Å². The maximum atomic E-state index is 12.2. The predicted molar refractivity (Wildman–Crippen MR) is 72.0 cm³/mol. The molecule has 0 aromatic heterocycles. The molecule has 1 saturated carbocycles. The fourth-order valence-corrected chi connectivity index (χ4v) is 2.77. The van der Waals surface area contributed by atoms with Crippen LogP contribution < -0.4 is 5.32 Å². The van der Waals surface area contributed by atoms with Crippen LogP contribution in [0.5, 0.6) is 0 Å². The highest BCUT2D eigenvalue weighted by Gasteiger charge is 2.35. The van der Waals surface area contributed by atoms with Gasteiger partial charge in [-0.05, 0) is 25.0 Å². The van der Waals surface area contributed by atoms with Gasteiger partial charge in [0.25, 0.3) is 5.91 Å². The summed E-state index contributed by atoms with van der Waals surface area (Å²) in [6.07, 6.45) is 4.56. The number of carboxylic acids is 1. The van der Waals surface area contributed by atoms with Crippen LogP contribution in [0.2, 0.25) is 0 Å². The van der Waals surface area contributed by atoms with E-state index < -0.39 is 11.5 Å². The zero-order valence-electron chi connectivity index (χ0n) is 10.9. The second-order valence-electron chi connectivity index (χ2n) is 5.23. The molecule has 0 radical (unpaired) electrons. The molecule has 0 aliphatic heterocycles. The average Bonchev–Trinajstić information content (AvgIpc) is 2.39. The highest BCUT2D eigenvalue weighted by atomic mass is 16.4. The van der Waals surface area contributed by atoms with Crippen molar-refractivity contribution in [3.8, 4) is 0 Å². The minimum atomic E-state index is -0.852. The molecule has 0 heterocycles. The second-order valence-corrected chi connectivity index (χ2v) is 5.23. The van der Waals surface area contributed by atoms with E-state index in [1.807, 2.05) is 6.07 Å². The third-order valence-corrected chi connectivity index (χ3v) is 3.71. The van der Waals surface area contributed by atoms with Crippen LogP contribution in [0, 0.1) is 0 Å². The van der Waals surface area contributed by atoms with Crippen LogP contribution >= 0.6 is 0 Å². The molecular formula is C15H19NO3. The predicted octanol–water partition coefficient (Wildman–Crippen LogP) is 2.59. The lowest BCUT2D eigenvalue weighted by atomic mass is 9.79. The molecular weight excluding hydrogens is 242 g/mol. The summed E-state index contributed by atoms with van der Waals surface area (Å²) in [5.41, 5.74) is 0.00892. The minimum Gasteiger partial charge on any atom is -0.481 e. The maximum absolute atomic E-state index is 12.2. The number of carboxylic acid groups (broad SMARTS) is 1. The van der Waals surface area contributed by atoms with Crippen LogP contribution in [-0.2, 0) is 4.79 Å². The first-order chi connectivity index (χ1) is 9.11. The normalized spacial score (nSPS) is 17.7. The number of aliphatic carboxylic acids is 1. The van der Waals surface area contributed by atoms with Gasteiger partial charge in [0.05, 0.1) is 12.0 Å². The van der Waals surface area contributed by atoms with E-state index in [4.69, 9.17) is 5.11 Å². The lowest BCUT2D eigenvalue weighted by Gasteiger charge is -2.37. The van der Waals surface area contributed by atoms with Gasteiger partial charge < -0.3 is 10.4 Å².